The summed E-state index contributed by atoms with van der Waals surface area (Å²) in [4.78, 5) is 38.3. The number of hydrogen-bond donors (Lipinski definition) is 0. The normalized spacial score (nSPS) is 12.7. The Balaban J connectivity index is 4.37. The highest BCUT2D eigenvalue weighted by atomic mass is 16.6. The van der Waals surface area contributed by atoms with Gasteiger partial charge in [-0.2, -0.15) is 0 Å². The third kappa shape index (κ3) is 61.2. The fraction of sp³-hybridized carbons (Fsp3) is 0.729. The molecule has 0 rings (SSSR count). The van der Waals surface area contributed by atoms with Crippen molar-refractivity contribution in [1.82, 2.24) is 0 Å². The Morgan fingerprint density at radius 1 is 0.276 bits per heavy atom. The molecule has 0 saturated heterocycles. The summed E-state index contributed by atoms with van der Waals surface area (Å²) in [6.45, 7) is 6.53. The Bertz CT molecular complexity index is 1490. The van der Waals surface area contributed by atoms with Gasteiger partial charge in [0.2, 0.25) is 0 Å². The number of rotatable bonds is 58. The molecule has 0 aromatic heterocycles. The first-order chi connectivity index (χ1) is 37.5. The van der Waals surface area contributed by atoms with Gasteiger partial charge < -0.3 is 14.2 Å². The van der Waals surface area contributed by atoms with Crippen molar-refractivity contribution in [3.8, 4) is 0 Å². The first kappa shape index (κ1) is 72.3. The van der Waals surface area contributed by atoms with Crippen molar-refractivity contribution in [2.45, 2.75) is 316 Å². The number of hydrogen-bond acceptors (Lipinski definition) is 6. The molecule has 0 aliphatic rings. The summed E-state index contributed by atoms with van der Waals surface area (Å²) in [6, 6.07) is 0. The summed E-state index contributed by atoms with van der Waals surface area (Å²) in [7, 11) is 0. The zero-order valence-electron chi connectivity index (χ0n) is 50.0. The van der Waals surface area contributed by atoms with Gasteiger partial charge in [-0.25, -0.2) is 0 Å². The smallest absolute Gasteiger partial charge is 0.306 e. The zero-order valence-corrected chi connectivity index (χ0v) is 50.0. The SMILES string of the molecule is CC/C=C\C/C=C\C/C=C\C/C=C\C/C=C\C/C=C\C/C=C\CCCCCCCC(=O)OCC(COC(=O)CCCCCCCCCCCCCCC)OC(=O)CCCCCCCCC/C=C\CCCCCCCCC. The standard InChI is InChI=1S/C70H120O6/c1-4-7-10-13-16-19-22-25-27-29-31-32-33-34-35-36-37-38-39-41-42-45-48-51-54-57-60-63-69(72)75-66-67(65-74-68(71)62-59-56-53-50-47-44-24-21-18-15-12-9-6-3)76-70(73)64-61-58-55-52-49-46-43-40-30-28-26-23-20-17-14-11-8-5-2/h7,10,16,19,25,27-28,30-32,34-35,37-38,41-42,67H,4-6,8-9,11-15,17-18,20-24,26,29,33,36,39-40,43-66H2,1-3H3/b10-7-,19-16-,27-25-,30-28-,32-31-,35-34-,38-37-,42-41-. The van der Waals surface area contributed by atoms with Crippen LogP contribution in [-0.2, 0) is 28.6 Å². The summed E-state index contributed by atoms with van der Waals surface area (Å²) >= 11 is 0. The maximum absolute atomic E-state index is 12.9. The molecule has 0 bridgehead atoms. The van der Waals surface area contributed by atoms with E-state index >= 15 is 0 Å². The highest BCUT2D eigenvalue weighted by Crippen LogP contribution is 2.16. The van der Waals surface area contributed by atoms with Crippen LogP contribution < -0.4 is 0 Å². The van der Waals surface area contributed by atoms with Crippen LogP contribution in [0, 0.1) is 0 Å². The molecule has 0 fully saturated rings. The van der Waals surface area contributed by atoms with Crippen molar-refractivity contribution in [2.24, 2.45) is 0 Å². The molecule has 76 heavy (non-hydrogen) atoms. The van der Waals surface area contributed by atoms with Gasteiger partial charge in [0.05, 0.1) is 0 Å². The Morgan fingerprint density at radius 2 is 0.513 bits per heavy atom. The number of allylic oxidation sites excluding steroid dienone is 16. The minimum absolute atomic E-state index is 0.0829. The monoisotopic (exact) mass is 1060 g/mol. The maximum Gasteiger partial charge on any atom is 0.306 e. The van der Waals surface area contributed by atoms with Crippen molar-refractivity contribution in [3.05, 3.63) is 97.2 Å². The van der Waals surface area contributed by atoms with Crippen molar-refractivity contribution in [3.63, 3.8) is 0 Å². The molecule has 0 heterocycles. The lowest BCUT2D eigenvalue weighted by Crippen LogP contribution is -2.30. The van der Waals surface area contributed by atoms with E-state index in [4.69, 9.17) is 14.2 Å². The lowest BCUT2D eigenvalue weighted by molar-refractivity contribution is -0.167. The molecule has 0 radical (unpaired) electrons. The first-order valence-corrected chi connectivity index (χ1v) is 32.2. The van der Waals surface area contributed by atoms with E-state index in [2.05, 4.69) is 118 Å². The molecule has 436 valence electrons. The van der Waals surface area contributed by atoms with Gasteiger partial charge in [0.25, 0.3) is 0 Å². The summed E-state index contributed by atoms with van der Waals surface area (Å²) in [6.07, 6.45) is 85.5. The van der Waals surface area contributed by atoms with E-state index in [1.54, 1.807) is 0 Å². The quantitative estimate of drug-likeness (QED) is 0.0261. The van der Waals surface area contributed by atoms with Crippen LogP contribution in [0.5, 0.6) is 0 Å². The fourth-order valence-corrected chi connectivity index (χ4v) is 9.01. The van der Waals surface area contributed by atoms with Gasteiger partial charge in [-0.15, -0.1) is 0 Å². The minimum Gasteiger partial charge on any atom is -0.462 e. The van der Waals surface area contributed by atoms with E-state index in [9.17, 15) is 14.4 Å². The molecule has 0 aliphatic heterocycles. The predicted octanol–water partition coefficient (Wildman–Crippen LogP) is 22.0. The van der Waals surface area contributed by atoms with E-state index < -0.39 is 6.10 Å². The Morgan fingerprint density at radius 3 is 0.816 bits per heavy atom. The molecule has 0 aromatic carbocycles. The van der Waals surface area contributed by atoms with Gasteiger partial charge in [-0.05, 0) is 103 Å². The van der Waals surface area contributed by atoms with Gasteiger partial charge in [-0.3, -0.25) is 14.4 Å². The molecule has 0 spiro atoms. The first-order valence-electron chi connectivity index (χ1n) is 32.2. The molecule has 0 amide bonds. The van der Waals surface area contributed by atoms with E-state index in [1.807, 2.05) is 0 Å². The minimum atomic E-state index is -0.788. The summed E-state index contributed by atoms with van der Waals surface area (Å²) in [5.41, 5.74) is 0. The third-order valence-corrected chi connectivity index (χ3v) is 13.8. The van der Waals surface area contributed by atoms with Gasteiger partial charge in [-0.1, -0.05) is 285 Å². The molecular weight excluding hydrogens is 937 g/mol. The molecule has 6 nitrogen and oxygen atoms in total. The number of ether oxygens (including phenoxy) is 3. The van der Waals surface area contributed by atoms with Gasteiger partial charge in [0.1, 0.15) is 13.2 Å². The van der Waals surface area contributed by atoms with Crippen LogP contribution >= 0.6 is 0 Å². The largest absolute Gasteiger partial charge is 0.462 e. The van der Waals surface area contributed by atoms with E-state index in [0.29, 0.717) is 19.3 Å². The topological polar surface area (TPSA) is 78.9 Å². The average Bonchev–Trinajstić information content (AvgIpc) is 3.42. The second-order valence-corrected chi connectivity index (χ2v) is 21.3. The highest BCUT2D eigenvalue weighted by molar-refractivity contribution is 5.71. The maximum atomic E-state index is 12.9. The summed E-state index contributed by atoms with van der Waals surface area (Å²) < 4.78 is 16.9. The molecule has 0 N–H and O–H groups in total. The second-order valence-electron chi connectivity index (χ2n) is 21.3. The molecule has 1 atom stereocenters. The average molecular weight is 1060 g/mol. The Labute approximate surface area is 470 Å². The number of carbonyl (C=O) groups is 3. The van der Waals surface area contributed by atoms with Crippen LogP contribution in [0.2, 0.25) is 0 Å². The number of carbonyl (C=O) groups excluding carboxylic acids is 3. The third-order valence-electron chi connectivity index (χ3n) is 13.8. The van der Waals surface area contributed by atoms with Crippen LogP contribution in [-0.4, -0.2) is 37.2 Å². The van der Waals surface area contributed by atoms with Gasteiger partial charge in [0, 0.05) is 19.3 Å². The van der Waals surface area contributed by atoms with Crippen LogP contribution in [0.25, 0.3) is 0 Å². The van der Waals surface area contributed by atoms with Crippen molar-refractivity contribution < 1.29 is 28.6 Å². The zero-order chi connectivity index (χ0) is 55.0. The summed E-state index contributed by atoms with van der Waals surface area (Å²) in [5, 5.41) is 0. The van der Waals surface area contributed by atoms with Gasteiger partial charge in [0.15, 0.2) is 6.10 Å². The fourth-order valence-electron chi connectivity index (χ4n) is 9.01. The van der Waals surface area contributed by atoms with Crippen molar-refractivity contribution in [1.29, 1.82) is 0 Å². The lowest BCUT2D eigenvalue weighted by Gasteiger charge is -2.18. The predicted molar refractivity (Wildman–Crippen MR) is 330 cm³/mol. The van der Waals surface area contributed by atoms with Crippen molar-refractivity contribution in [2.75, 3.05) is 13.2 Å². The van der Waals surface area contributed by atoms with Crippen LogP contribution in [0.4, 0.5) is 0 Å². The lowest BCUT2D eigenvalue weighted by atomic mass is 10.0. The molecule has 1 unspecified atom stereocenters. The van der Waals surface area contributed by atoms with E-state index in [0.717, 1.165) is 122 Å². The Hall–Kier alpha value is -3.67. The van der Waals surface area contributed by atoms with Crippen LogP contribution in [0.3, 0.4) is 0 Å². The van der Waals surface area contributed by atoms with E-state index in [1.165, 1.54) is 148 Å². The molecule has 0 saturated carbocycles. The second kappa shape index (κ2) is 63.9. The molecule has 0 aliphatic carbocycles. The Kier molecular flexibility index (Phi) is 60.8. The van der Waals surface area contributed by atoms with E-state index in [-0.39, 0.29) is 31.1 Å². The highest BCUT2D eigenvalue weighted by Gasteiger charge is 2.19. The number of unbranched alkanes of at least 4 members (excludes halogenated alkanes) is 31. The summed E-state index contributed by atoms with van der Waals surface area (Å²) in [5.74, 6) is -0.896. The number of esters is 3. The van der Waals surface area contributed by atoms with Gasteiger partial charge >= 0.3 is 17.9 Å². The molecule has 0 aromatic rings. The van der Waals surface area contributed by atoms with Crippen LogP contribution in [0.1, 0.15) is 310 Å². The molecular formula is C70H120O6. The molecule has 6 heteroatoms. The van der Waals surface area contributed by atoms with Crippen LogP contribution in [0.15, 0.2) is 97.2 Å². The van der Waals surface area contributed by atoms with Crippen molar-refractivity contribution >= 4 is 17.9 Å².